The molecule has 0 heterocycles. The summed E-state index contributed by atoms with van der Waals surface area (Å²) in [5.74, 6) is -0.310. The van der Waals surface area contributed by atoms with E-state index >= 15 is 0 Å². The number of unbranched alkanes of at least 4 members (excludes halogenated alkanes) is 1. The van der Waals surface area contributed by atoms with Crippen molar-refractivity contribution in [1.29, 1.82) is 0 Å². The lowest BCUT2D eigenvalue weighted by Crippen LogP contribution is -2.32. The lowest BCUT2D eigenvalue weighted by atomic mass is 10.1. The Morgan fingerprint density at radius 1 is 0.973 bits per heavy atom. The highest BCUT2D eigenvalue weighted by molar-refractivity contribution is 5.78. The zero-order valence-electron chi connectivity index (χ0n) is 22.1. The maximum absolute atomic E-state index is 12.0. The summed E-state index contributed by atoms with van der Waals surface area (Å²) < 4.78 is 15.9. The predicted molar refractivity (Wildman–Crippen MR) is 141 cm³/mol. The van der Waals surface area contributed by atoms with E-state index in [1.54, 1.807) is 30.4 Å². The molecule has 1 aromatic carbocycles. The largest absolute Gasteiger partial charge is 0.480 e. The lowest BCUT2D eigenvalue weighted by Gasteiger charge is -2.14. The molecule has 11 nitrogen and oxygen atoms in total. The number of nitrogens with two attached hydrogens (primary N) is 1. The number of aliphatic hydroxyl groups is 1. The zero-order valence-corrected chi connectivity index (χ0v) is 22.1. The summed E-state index contributed by atoms with van der Waals surface area (Å²) in [6.45, 7) is 5.18. The number of nitrogens with one attached hydrogen (secondary N) is 3. The molecule has 0 fully saturated rings. The van der Waals surface area contributed by atoms with Crippen LogP contribution >= 0.6 is 0 Å². The Morgan fingerprint density at radius 2 is 1.59 bits per heavy atom. The van der Waals surface area contributed by atoms with Crippen LogP contribution in [0.1, 0.15) is 51.5 Å². The second-order valence-corrected chi connectivity index (χ2v) is 8.37. The molecule has 0 spiro atoms. The molecule has 11 heteroatoms. The average Bonchev–Trinajstić information content (AvgIpc) is 2.90. The van der Waals surface area contributed by atoms with E-state index in [2.05, 4.69) is 20.7 Å². The van der Waals surface area contributed by atoms with E-state index in [1.165, 1.54) is 7.11 Å². The number of amides is 2. The van der Waals surface area contributed by atoms with Gasteiger partial charge in [-0.1, -0.05) is 32.4 Å². The molecule has 0 aliphatic rings. The number of rotatable bonds is 19. The fraction of sp³-hybridized carbons (Fsp3) is 0.577. The summed E-state index contributed by atoms with van der Waals surface area (Å²) in [5.41, 5.74) is 6.41. The van der Waals surface area contributed by atoms with Crippen LogP contribution in [0.5, 0.6) is 11.5 Å². The number of carbonyl (C=O) groups excluding carboxylic acids is 3. The van der Waals surface area contributed by atoms with Crippen molar-refractivity contribution >= 4 is 23.9 Å². The molecule has 208 valence electrons. The molecule has 0 aliphatic heterocycles. The SMILES string of the molecule is CCCNC(=O)COc1ccc(/C=C/C(O)NCCCCC(N)C(=O)OC)cc1OCC(=O)NCCC. The van der Waals surface area contributed by atoms with Crippen LogP contribution in [0.15, 0.2) is 24.3 Å². The van der Waals surface area contributed by atoms with Crippen LogP contribution in [0.3, 0.4) is 0 Å². The number of hydrogen-bond acceptors (Lipinski definition) is 9. The molecule has 0 radical (unpaired) electrons. The number of hydrogen-bond donors (Lipinski definition) is 5. The molecular formula is C26H42N4O7. The van der Waals surface area contributed by atoms with E-state index in [0.29, 0.717) is 49.5 Å². The van der Waals surface area contributed by atoms with Gasteiger partial charge in [0.2, 0.25) is 0 Å². The smallest absolute Gasteiger partial charge is 0.322 e. The van der Waals surface area contributed by atoms with Crippen molar-refractivity contribution in [3.8, 4) is 11.5 Å². The predicted octanol–water partition coefficient (Wildman–Crippen LogP) is 1.09. The maximum Gasteiger partial charge on any atom is 0.322 e. The van der Waals surface area contributed by atoms with Gasteiger partial charge < -0.3 is 35.7 Å². The molecule has 6 N–H and O–H groups in total. The second-order valence-electron chi connectivity index (χ2n) is 8.37. The summed E-state index contributed by atoms with van der Waals surface area (Å²) in [4.78, 5) is 35.2. The first-order valence-corrected chi connectivity index (χ1v) is 12.7. The molecule has 2 unspecified atom stereocenters. The monoisotopic (exact) mass is 522 g/mol. The molecule has 1 rings (SSSR count). The first kappa shape index (κ1) is 31.9. The molecule has 0 aliphatic carbocycles. The van der Waals surface area contributed by atoms with Gasteiger partial charge in [0.05, 0.1) is 7.11 Å². The molecule has 2 atom stereocenters. The van der Waals surface area contributed by atoms with Crippen molar-refractivity contribution in [2.75, 3.05) is 40.0 Å². The van der Waals surface area contributed by atoms with Crippen molar-refractivity contribution in [3.63, 3.8) is 0 Å². The Hall–Kier alpha value is -3.15. The highest BCUT2D eigenvalue weighted by Gasteiger charge is 2.13. The third-order valence-corrected chi connectivity index (χ3v) is 5.10. The van der Waals surface area contributed by atoms with Crippen LogP contribution in [0, 0.1) is 0 Å². The van der Waals surface area contributed by atoms with E-state index < -0.39 is 18.2 Å². The Kier molecular flexibility index (Phi) is 16.4. The first-order chi connectivity index (χ1) is 17.8. The van der Waals surface area contributed by atoms with E-state index in [-0.39, 0.29) is 25.0 Å². The van der Waals surface area contributed by atoms with Crippen LogP contribution in [-0.4, -0.2) is 75.1 Å². The van der Waals surface area contributed by atoms with Crippen LogP contribution < -0.4 is 31.2 Å². The van der Waals surface area contributed by atoms with Crippen molar-refractivity contribution in [2.45, 2.75) is 58.2 Å². The Bertz CT molecular complexity index is 863. The summed E-state index contributed by atoms with van der Waals surface area (Å²) >= 11 is 0. The highest BCUT2D eigenvalue weighted by Crippen LogP contribution is 2.29. The molecule has 0 saturated carbocycles. The summed E-state index contributed by atoms with van der Waals surface area (Å²) in [6.07, 6.45) is 5.96. The van der Waals surface area contributed by atoms with Gasteiger partial charge in [0.15, 0.2) is 24.7 Å². The van der Waals surface area contributed by atoms with E-state index in [0.717, 1.165) is 19.3 Å². The van der Waals surface area contributed by atoms with E-state index in [9.17, 15) is 19.5 Å². The number of esters is 1. The highest BCUT2D eigenvalue weighted by atomic mass is 16.5. The summed E-state index contributed by atoms with van der Waals surface area (Å²) in [5, 5.41) is 18.6. The topological polar surface area (TPSA) is 161 Å². The number of carbonyl (C=O) groups is 3. The summed E-state index contributed by atoms with van der Waals surface area (Å²) in [6, 6.07) is 4.43. The van der Waals surface area contributed by atoms with Crippen molar-refractivity contribution in [1.82, 2.24) is 16.0 Å². The van der Waals surface area contributed by atoms with Crippen LogP contribution in [-0.2, 0) is 19.1 Å². The van der Waals surface area contributed by atoms with Gasteiger partial charge in [-0.2, -0.15) is 0 Å². The molecule has 0 bridgehead atoms. The normalized spacial score (nSPS) is 12.6. The van der Waals surface area contributed by atoms with Gasteiger partial charge in [0, 0.05) is 13.1 Å². The number of methoxy groups -OCH3 is 1. The van der Waals surface area contributed by atoms with Gasteiger partial charge in [-0.15, -0.1) is 0 Å². The van der Waals surface area contributed by atoms with Gasteiger partial charge in [-0.3, -0.25) is 19.7 Å². The minimum atomic E-state index is -0.892. The number of ether oxygens (including phenoxy) is 3. The van der Waals surface area contributed by atoms with Gasteiger partial charge >= 0.3 is 5.97 Å². The minimum Gasteiger partial charge on any atom is -0.480 e. The third kappa shape index (κ3) is 14.2. The number of benzene rings is 1. The lowest BCUT2D eigenvalue weighted by molar-refractivity contribution is -0.142. The molecule has 37 heavy (non-hydrogen) atoms. The number of aliphatic hydroxyl groups excluding tert-OH is 1. The summed E-state index contributed by atoms with van der Waals surface area (Å²) in [7, 11) is 1.31. The average molecular weight is 523 g/mol. The van der Waals surface area contributed by atoms with Crippen LogP contribution in [0.25, 0.3) is 6.08 Å². The Morgan fingerprint density at radius 3 is 2.19 bits per heavy atom. The molecule has 0 aromatic heterocycles. The molecule has 1 aromatic rings. The standard InChI is InChI=1S/C26H42N4O7/c1-4-13-28-24(32)17-36-21-11-9-19(16-22(21)37-18-25(33)29-14-5-2)10-12-23(31)30-15-7-6-8-20(27)26(34)35-3/h9-12,16,20,23,30-31H,4-8,13-15,17-18,27H2,1-3H3,(H,28,32)(H,29,33)/b12-10+. The quantitative estimate of drug-likeness (QED) is 0.102. The van der Waals surface area contributed by atoms with Crippen LogP contribution in [0.2, 0.25) is 0 Å². The van der Waals surface area contributed by atoms with Crippen molar-refractivity contribution in [2.24, 2.45) is 5.73 Å². The first-order valence-electron chi connectivity index (χ1n) is 12.7. The van der Waals surface area contributed by atoms with Gasteiger partial charge in [0.25, 0.3) is 11.8 Å². The van der Waals surface area contributed by atoms with Gasteiger partial charge in [-0.05, 0) is 56.0 Å². The maximum atomic E-state index is 12.0. The molecular weight excluding hydrogens is 480 g/mol. The fourth-order valence-corrected chi connectivity index (χ4v) is 3.06. The fourth-order valence-electron chi connectivity index (χ4n) is 3.06. The van der Waals surface area contributed by atoms with E-state index in [1.807, 2.05) is 13.8 Å². The zero-order chi connectivity index (χ0) is 27.5. The Balaban J connectivity index is 2.68. The third-order valence-electron chi connectivity index (χ3n) is 5.10. The van der Waals surface area contributed by atoms with Gasteiger partial charge in [0.1, 0.15) is 12.3 Å². The van der Waals surface area contributed by atoms with Crippen LogP contribution in [0.4, 0.5) is 0 Å². The van der Waals surface area contributed by atoms with Gasteiger partial charge in [-0.25, -0.2) is 0 Å². The Labute approximate surface area is 219 Å². The molecule has 2 amide bonds. The van der Waals surface area contributed by atoms with Crippen molar-refractivity contribution in [3.05, 3.63) is 29.8 Å². The van der Waals surface area contributed by atoms with E-state index in [4.69, 9.17) is 15.2 Å². The minimum absolute atomic E-state index is 0.180. The second kappa shape index (κ2) is 19.0. The van der Waals surface area contributed by atoms with Crippen molar-refractivity contribution < 1.29 is 33.7 Å². The molecule has 0 saturated heterocycles.